The van der Waals surface area contributed by atoms with E-state index in [1.807, 2.05) is 0 Å². The van der Waals surface area contributed by atoms with E-state index in [-0.39, 0.29) is 11.8 Å². The molecule has 3 rings (SSSR count). The molecule has 30 heavy (non-hydrogen) atoms. The van der Waals surface area contributed by atoms with Crippen molar-refractivity contribution in [3.05, 3.63) is 70.8 Å². The van der Waals surface area contributed by atoms with Crippen LogP contribution in [-0.4, -0.2) is 36.9 Å². The highest BCUT2D eigenvalue weighted by molar-refractivity contribution is 5.79. The molecule has 0 spiro atoms. The second kappa shape index (κ2) is 10.8. The number of benzene rings is 2. The Morgan fingerprint density at radius 3 is 2.67 bits per heavy atom. The van der Waals surface area contributed by atoms with Crippen molar-refractivity contribution in [3.63, 3.8) is 0 Å². The second-order valence-corrected chi connectivity index (χ2v) is 8.00. The molecular weight excluding hydrogens is 374 g/mol. The molecule has 1 atom stereocenters. The van der Waals surface area contributed by atoms with E-state index < -0.39 is 0 Å². The number of aliphatic imine (C=N–C) groups is 1. The van der Waals surface area contributed by atoms with Crippen LogP contribution in [0.3, 0.4) is 0 Å². The molecule has 1 fully saturated rings. The Morgan fingerprint density at radius 2 is 1.90 bits per heavy atom. The minimum Gasteiger partial charge on any atom is -0.369 e. The summed E-state index contributed by atoms with van der Waals surface area (Å²) in [6.45, 7) is 6.17. The summed E-state index contributed by atoms with van der Waals surface area (Å²) in [4.78, 5) is 18.2. The van der Waals surface area contributed by atoms with E-state index in [0.29, 0.717) is 6.54 Å². The lowest BCUT2D eigenvalue weighted by atomic mass is 9.97. The summed E-state index contributed by atoms with van der Waals surface area (Å²) < 4.78 is 0. The summed E-state index contributed by atoms with van der Waals surface area (Å²) in [5.74, 6) is 0.581. The monoisotopic (exact) mass is 407 g/mol. The standard InChI is InChI=1S/C24H33N5O/c1-18-7-3-4-10-21(18)15-28-24(26-2)27-14-19-8-5-9-20(13-19)16-29-12-6-11-22(17-29)23(25)30/h3-5,7-10,13,22H,6,11-12,14-17H2,1-2H3,(H2,25,30)(H2,26,27,28). The quantitative estimate of drug-likeness (QED) is 0.487. The van der Waals surface area contributed by atoms with Crippen molar-refractivity contribution in [2.45, 2.75) is 39.4 Å². The van der Waals surface area contributed by atoms with Crippen molar-refractivity contribution in [1.29, 1.82) is 0 Å². The van der Waals surface area contributed by atoms with Gasteiger partial charge < -0.3 is 16.4 Å². The molecule has 1 amide bonds. The third-order valence-corrected chi connectivity index (χ3v) is 5.70. The van der Waals surface area contributed by atoms with Crippen LogP contribution in [0.15, 0.2) is 53.5 Å². The maximum absolute atomic E-state index is 11.5. The molecule has 1 unspecified atom stereocenters. The number of nitrogens with two attached hydrogens (primary N) is 1. The molecule has 1 saturated heterocycles. The molecule has 6 nitrogen and oxygen atoms in total. The molecule has 2 aromatic carbocycles. The van der Waals surface area contributed by atoms with Crippen LogP contribution in [-0.2, 0) is 24.4 Å². The summed E-state index contributed by atoms with van der Waals surface area (Å²) in [5, 5.41) is 6.77. The second-order valence-electron chi connectivity index (χ2n) is 8.00. The number of rotatable bonds is 7. The van der Waals surface area contributed by atoms with Gasteiger partial charge in [0.1, 0.15) is 0 Å². The SMILES string of the molecule is CN=C(NCc1cccc(CN2CCCC(C(N)=O)C2)c1)NCc1ccccc1C. The van der Waals surface area contributed by atoms with Gasteiger partial charge in [-0.2, -0.15) is 0 Å². The Balaban J connectivity index is 1.51. The number of likely N-dealkylation sites (tertiary alicyclic amines) is 1. The summed E-state index contributed by atoms with van der Waals surface area (Å²) in [5.41, 5.74) is 10.5. The number of hydrogen-bond donors (Lipinski definition) is 3. The van der Waals surface area contributed by atoms with Crippen molar-refractivity contribution < 1.29 is 4.79 Å². The number of amides is 1. The molecular formula is C24H33N5O. The predicted molar refractivity (Wildman–Crippen MR) is 122 cm³/mol. The van der Waals surface area contributed by atoms with Crippen LogP contribution in [0.2, 0.25) is 0 Å². The lowest BCUT2D eigenvalue weighted by Crippen LogP contribution is -2.40. The number of hydrogen-bond acceptors (Lipinski definition) is 3. The number of piperidine rings is 1. The lowest BCUT2D eigenvalue weighted by Gasteiger charge is -2.31. The smallest absolute Gasteiger partial charge is 0.221 e. The zero-order valence-corrected chi connectivity index (χ0v) is 18.0. The minimum absolute atomic E-state index is 0.0220. The molecule has 1 heterocycles. The number of carbonyl (C=O) groups is 1. The van der Waals surface area contributed by atoms with Gasteiger partial charge in [0.15, 0.2) is 5.96 Å². The molecule has 0 bridgehead atoms. The van der Waals surface area contributed by atoms with Crippen LogP contribution in [0.25, 0.3) is 0 Å². The average Bonchev–Trinajstić information content (AvgIpc) is 2.75. The molecule has 0 aromatic heterocycles. The Bertz CT molecular complexity index is 879. The zero-order chi connectivity index (χ0) is 21.3. The summed E-state index contributed by atoms with van der Waals surface area (Å²) in [6, 6.07) is 16.9. The van der Waals surface area contributed by atoms with Crippen LogP contribution >= 0.6 is 0 Å². The van der Waals surface area contributed by atoms with Gasteiger partial charge in [0.05, 0.1) is 5.92 Å². The van der Waals surface area contributed by atoms with Gasteiger partial charge in [0, 0.05) is 33.2 Å². The molecule has 0 aliphatic carbocycles. The Kier molecular flexibility index (Phi) is 7.85. The zero-order valence-electron chi connectivity index (χ0n) is 18.0. The third kappa shape index (κ3) is 6.32. The van der Waals surface area contributed by atoms with Crippen LogP contribution < -0.4 is 16.4 Å². The van der Waals surface area contributed by atoms with Gasteiger partial charge in [-0.25, -0.2) is 0 Å². The van der Waals surface area contributed by atoms with Gasteiger partial charge >= 0.3 is 0 Å². The Hall–Kier alpha value is -2.86. The first-order valence-electron chi connectivity index (χ1n) is 10.6. The van der Waals surface area contributed by atoms with Gasteiger partial charge in [-0.1, -0.05) is 48.5 Å². The van der Waals surface area contributed by atoms with Gasteiger partial charge in [0.25, 0.3) is 0 Å². The maximum Gasteiger partial charge on any atom is 0.221 e. The molecule has 1 aliphatic heterocycles. The highest BCUT2D eigenvalue weighted by Gasteiger charge is 2.23. The minimum atomic E-state index is -0.178. The van der Waals surface area contributed by atoms with E-state index >= 15 is 0 Å². The largest absolute Gasteiger partial charge is 0.369 e. The Morgan fingerprint density at radius 1 is 1.13 bits per heavy atom. The fourth-order valence-electron chi connectivity index (χ4n) is 3.92. The van der Waals surface area contributed by atoms with E-state index in [4.69, 9.17) is 5.73 Å². The topological polar surface area (TPSA) is 82.8 Å². The fraction of sp³-hybridized carbons (Fsp3) is 0.417. The van der Waals surface area contributed by atoms with Crippen molar-refractivity contribution >= 4 is 11.9 Å². The van der Waals surface area contributed by atoms with Gasteiger partial charge in [-0.05, 0) is 48.6 Å². The lowest BCUT2D eigenvalue weighted by molar-refractivity contribution is -0.123. The summed E-state index contributed by atoms with van der Waals surface area (Å²) in [7, 11) is 1.79. The van der Waals surface area contributed by atoms with E-state index in [9.17, 15) is 4.79 Å². The highest BCUT2D eigenvalue weighted by atomic mass is 16.1. The average molecular weight is 408 g/mol. The van der Waals surface area contributed by atoms with Gasteiger partial charge in [0.2, 0.25) is 5.91 Å². The van der Waals surface area contributed by atoms with E-state index in [1.165, 1.54) is 22.3 Å². The summed E-state index contributed by atoms with van der Waals surface area (Å²) >= 11 is 0. The first kappa shape index (κ1) is 21.8. The predicted octanol–water partition coefficient (Wildman–Crippen LogP) is 2.56. The number of guanidine groups is 1. The van der Waals surface area contributed by atoms with Crippen molar-refractivity contribution in [2.24, 2.45) is 16.6 Å². The maximum atomic E-state index is 11.5. The van der Waals surface area contributed by atoms with E-state index in [2.05, 4.69) is 76.0 Å². The highest BCUT2D eigenvalue weighted by Crippen LogP contribution is 2.18. The Labute approximate surface area is 179 Å². The number of primary amides is 1. The van der Waals surface area contributed by atoms with Gasteiger partial charge in [-0.3, -0.25) is 14.7 Å². The number of nitrogens with one attached hydrogen (secondary N) is 2. The molecule has 0 saturated carbocycles. The molecule has 0 radical (unpaired) electrons. The molecule has 6 heteroatoms. The first-order chi connectivity index (χ1) is 14.5. The van der Waals surface area contributed by atoms with Crippen LogP contribution in [0.5, 0.6) is 0 Å². The fourth-order valence-corrected chi connectivity index (χ4v) is 3.92. The number of aryl methyl sites for hydroxylation is 1. The molecule has 2 aromatic rings. The normalized spacial score (nSPS) is 17.5. The third-order valence-electron chi connectivity index (χ3n) is 5.70. The number of carbonyl (C=O) groups excluding carboxylic acids is 1. The molecule has 1 aliphatic rings. The van der Waals surface area contributed by atoms with Crippen LogP contribution in [0.4, 0.5) is 0 Å². The van der Waals surface area contributed by atoms with Crippen LogP contribution in [0, 0.1) is 12.8 Å². The first-order valence-corrected chi connectivity index (χ1v) is 10.6. The van der Waals surface area contributed by atoms with E-state index in [0.717, 1.165) is 45.0 Å². The van der Waals surface area contributed by atoms with Gasteiger partial charge in [-0.15, -0.1) is 0 Å². The van der Waals surface area contributed by atoms with Crippen molar-refractivity contribution in [2.75, 3.05) is 20.1 Å². The van der Waals surface area contributed by atoms with Crippen molar-refractivity contribution in [3.8, 4) is 0 Å². The van der Waals surface area contributed by atoms with Crippen molar-refractivity contribution in [1.82, 2.24) is 15.5 Å². The summed E-state index contributed by atoms with van der Waals surface area (Å²) in [6.07, 6.45) is 1.93. The number of nitrogens with zero attached hydrogens (tertiary/aromatic N) is 2. The molecule has 160 valence electrons. The molecule has 4 N–H and O–H groups in total. The van der Waals surface area contributed by atoms with Crippen LogP contribution in [0.1, 0.15) is 35.1 Å². The van der Waals surface area contributed by atoms with E-state index in [1.54, 1.807) is 7.05 Å².